The van der Waals surface area contributed by atoms with Crippen LogP contribution in [0.3, 0.4) is 0 Å². The fraction of sp³-hybridized carbons (Fsp3) is 0.714. The van der Waals surface area contributed by atoms with Gasteiger partial charge in [-0.25, -0.2) is 9.78 Å². The van der Waals surface area contributed by atoms with Crippen LogP contribution in [0.1, 0.15) is 55.6 Å². The van der Waals surface area contributed by atoms with Gasteiger partial charge in [-0.05, 0) is 12.3 Å². The molecule has 1 rings (SSSR count). The highest BCUT2D eigenvalue weighted by Crippen LogP contribution is 2.27. The Morgan fingerprint density at radius 3 is 2.70 bits per heavy atom. The van der Waals surface area contributed by atoms with E-state index in [-0.39, 0.29) is 5.15 Å². The summed E-state index contributed by atoms with van der Waals surface area (Å²) in [5.74, 6) is 0.358. The van der Waals surface area contributed by atoms with E-state index in [4.69, 9.17) is 11.6 Å². The molecule has 0 aromatic carbocycles. The number of anilines is 1. The van der Waals surface area contributed by atoms with Crippen LogP contribution in [0, 0.1) is 5.92 Å². The highest BCUT2D eigenvalue weighted by molar-refractivity contribution is 7.18. The van der Waals surface area contributed by atoms with Crippen LogP contribution < -0.4 is 5.32 Å². The summed E-state index contributed by atoms with van der Waals surface area (Å²) in [4.78, 5) is 15.9. The SMILES string of the molecule is COC(=O)c1sc(NCCCCCCC(C)C)nc1Cl. The Morgan fingerprint density at radius 1 is 1.35 bits per heavy atom. The van der Waals surface area contributed by atoms with Crippen molar-refractivity contribution in [3.63, 3.8) is 0 Å². The molecule has 1 heterocycles. The van der Waals surface area contributed by atoms with Gasteiger partial charge in [0.05, 0.1) is 7.11 Å². The van der Waals surface area contributed by atoms with Crippen LogP contribution in [-0.4, -0.2) is 24.6 Å². The molecule has 4 nitrogen and oxygen atoms in total. The third-order valence-electron chi connectivity index (χ3n) is 2.94. The summed E-state index contributed by atoms with van der Waals surface area (Å²) >= 11 is 7.12. The minimum Gasteiger partial charge on any atom is -0.465 e. The van der Waals surface area contributed by atoms with Crippen LogP contribution in [0.2, 0.25) is 5.15 Å². The van der Waals surface area contributed by atoms with E-state index in [2.05, 4.69) is 28.9 Å². The number of carbonyl (C=O) groups is 1. The largest absolute Gasteiger partial charge is 0.465 e. The summed E-state index contributed by atoms with van der Waals surface area (Å²) in [6.45, 7) is 5.37. The van der Waals surface area contributed by atoms with Gasteiger partial charge in [0.25, 0.3) is 0 Å². The molecule has 0 fully saturated rings. The van der Waals surface area contributed by atoms with Crippen molar-refractivity contribution in [1.29, 1.82) is 0 Å². The molecule has 114 valence electrons. The number of ether oxygens (including phenoxy) is 1. The minimum atomic E-state index is -0.436. The van der Waals surface area contributed by atoms with Crippen LogP contribution >= 0.6 is 22.9 Å². The first-order valence-electron chi connectivity index (χ1n) is 7.03. The van der Waals surface area contributed by atoms with Gasteiger partial charge >= 0.3 is 5.97 Å². The topological polar surface area (TPSA) is 51.2 Å². The highest BCUT2D eigenvalue weighted by atomic mass is 35.5. The molecule has 0 radical (unpaired) electrons. The first kappa shape index (κ1) is 17.2. The first-order chi connectivity index (χ1) is 9.54. The van der Waals surface area contributed by atoms with E-state index in [9.17, 15) is 4.79 Å². The molecule has 0 aliphatic carbocycles. The Hall–Kier alpha value is -0.810. The molecule has 0 aliphatic rings. The van der Waals surface area contributed by atoms with Crippen LogP contribution in [-0.2, 0) is 4.74 Å². The summed E-state index contributed by atoms with van der Waals surface area (Å²) < 4.78 is 4.64. The second-order valence-corrected chi connectivity index (χ2v) is 6.51. The molecule has 1 aromatic heterocycles. The number of carbonyl (C=O) groups excluding carboxylic acids is 1. The summed E-state index contributed by atoms with van der Waals surface area (Å²) in [5, 5.41) is 4.09. The molecule has 0 atom stereocenters. The summed E-state index contributed by atoms with van der Waals surface area (Å²) in [6.07, 6.45) is 6.18. The van der Waals surface area contributed by atoms with Crippen molar-refractivity contribution in [3.8, 4) is 0 Å². The Labute approximate surface area is 129 Å². The van der Waals surface area contributed by atoms with Crippen molar-refractivity contribution in [2.45, 2.75) is 46.0 Å². The number of halogens is 1. The van der Waals surface area contributed by atoms with Crippen molar-refractivity contribution in [1.82, 2.24) is 4.98 Å². The lowest BCUT2D eigenvalue weighted by atomic mass is 10.0. The standard InChI is InChI=1S/C14H23ClN2O2S/c1-10(2)8-6-4-5-7-9-16-14-17-12(15)11(20-14)13(18)19-3/h10H,4-9H2,1-3H3,(H,16,17). The minimum absolute atomic E-state index is 0.210. The zero-order valence-electron chi connectivity index (χ0n) is 12.4. The van der Waals surface area contributed by atoms with E-state index in [1.54, 1.807) is 0 Å². The van der Waals surface area contributed by atoms with Crippen LogP contribution in [0.25, 0.3) is 0 Å². The maximum absolute atomic E-state index is 11.4. The molecule has 0 saturated heterocycles. The summed E-state index contributed by atoms with van der Waals surface area (Å²) in [6, 6.07) is 0. The van der Waals surface area contributed by atoms with Crippen molar-refractivity contribution < 1.29 is 9.53 Å². The molecular formula is C14H23ClN2O2S. The number of esters is 1. The van der Waals surface area contributed by atoms with Crippen LogP contribution in [0.15, 0.2) is 0 Å². The Bertz CT molecular complexity index is 421. The van der Waals surface area contributed by atoms with Crippen molar-refractivity contribution in [2.24, 2.45) is 5.92 Å². The Kier molecular flexibility index (Phi) is 7.92. The number of nitrogens with zero attached hydrogens (tertiary/aromatic N) is 1. The number of thiazole rings is 1. The molecule has 0 bridgehead atoms. The monoisotopic (exact) mass is 318 g/mol. The van der Waals surface area contributed by atoms with Crippen molar-refractivity contribution in [3.05, 3.63) is 10.0 Å². The average Bonchev–Trinajstić information content (AvgIpc) is 2.77. The zero-order chi connectivity index (χ0) is 15.0. The van der Waals surface area contributed by atoms with E-state index in [1.165, 1.54) is 44.1 Å². The van der Waals surface area contributed by atoms with Gasteiger partial charge in [0.1, 0.15) is 0 Å². The van der Waals surface area contributed by atoms with E-state index < -0.39 is 5.97 Å². The van der Waals surface area contributed by atoms with Crippen molar-refractivity contribution in [2.75, 3.05) is 19.0 Å². The number of hydrogen-bond acceptors (Lipinski definition) is 5. The van der Waals surface area contributed by atoms with Crippen LogP contribution in [0.5, 0.6) is 0 Å². The van der Waals surface area contributed by atoms with Crippen LogP contribution in [0.4, 0.5) is 5.13 Å². The predicted molar refractivity (Wildman–Crippen MR) is 84.9 cm³/mol. The molecule has 0 aliphatic heterocycles. The predicted octanol–water partition coefficient (Wildman–Crippen LogP) is 4.60. The molecule has 6 heteroatoms. The van der Waals surface area contributed by atoms with Gasteiger partial charge in [-0.2, -0.15) is 0 Å². The third kappa shape index (κ3) is 6.09. The maximum Gasteiger partial charge on any atom is 0.351 e. The zero-order valence-corrected chi connectivity index (χ0v) is 13.9. The number of hydrogen-bond donors (Lipinski definition) is 1. The molecule has 0 unspecified atom stereocenters. The molecular weight excluding hydrogens is 296 g/mol. The van der Waals surface area contributed by atoms with Gasteiger partial charge in [0, 0.05) is 6.54 Å². The Morgan fingerprint density at radius 2 is 2.05 bits per heavy atom. The lowest BCUT2D eigenvalue weighted by Gasteiger charge is -2.04. The lowest BCUT2D eigenvalue weighted by molar-refractivity contribution is 0.0606. The van der Waals surface area contributed by atoms with E-state index >= 15 is 0 Å². The fourth-order valence-corrected chi connectivity index (χ4v) is 2.95. The highest BCUT2D eigenvalue weighted by Gasteiger charge is 2.16. The Balaban J connectivity index is 2.21. The van der Waals surface area contributed by atoms with Gasteiger partial charge in [0.15, 0.2) is 15.2 Å². The molecule has 1 N–H and O–H groups in total. The maximum atomic E-state index is 11.4. The average molecular weight is 319 g/mol. The normalized spacial score (nSPS) is 10.8. The second kappa shape index (κ2) is 9.19. The van der Waals surface area contributed by atoms with E-state index in [0.717, 1.165) is 18.9 Å². The quantitative estimate of drug-likeness (QED) is 0.534. The van der Waals surface area contributed by atoms with Gasteiger partial charge in [-0.1, -0.05) is 62.5 Å². The number of methoxy groups -OCH3 is 1. The third-order valence-corrected chi connectivity index (χ3v) is 4.32. The second-order valence-electron chi connectivity index (χ2n) is 5.15. The molecule has 0 amide bonds. The fourth-order valence-electron chi connectivity index (χ4n) is 1.82. The number of aromatic nitrogens is 1. The van der Waals surface area contributed by atoms with Gasteiger partial charge in [0.2, 0.25) is 0 Å². The lowest BCUT2D eigenvalue weighted by Crippen LogP contribution is -2.00. The number of nitrogens with one attached hydrogen (secondary N) is 1. The number of rotatable bonds is 9. The summed E-state index contributed by atoms with van der Waals surface area (Å²) in [5.41, 5.74) is 0. The molecule has 20 heavy (non-hydrogen) atoms. The number of unbranched alkanes of at least 4 members (excludes halogenated alkanes) is 3. The first-order valence-corrected chi connectivity index (χ1v) is 8.22. The van der Waals surface area contributed by atoms with Gasteiger partial charge in [-0.3, -0.25) is 0 Å². The van der Waals surface area contributed by atoms with E-state index in [0.29, 0.717) is 10.0 Å². The van der Waals surface area contributed by atoms with Crippen molar-refractivity contribution >= 4 is 34.0 Å². The molecule has 1 aromatic rings. The molecule has 0 spiro atoms. The molecule has 0 saturated carbocycles. The van der Waals surface area contributed by atoms with Gasteiger partial charge in [-0.15, -0.1) is 0 Å². The smallest absolute Gasteiger partial charge is 0.351 e. The van der Waals surface area contributed by atoms with E-state index in [1.807, 2.05) is 0 Å². The van der Waals surface area contributed by atoms with Gasteiger partial charge < -0.3 is 10.1 Å². The summed E-state index contributed by atoms with van der Waals surface area (Å²) in [7, 11) is 1.34.